The molecule has 0 spiro atoms. The lowest BCUT2D eigenvalue weighted by molar-refractivity contribution is 0.102. The van der Waals surface area contributed by atoms with E-state index >= 15 is 0 Å². The molecule has 0 aliphatic carbocycles. The van der Waals surface area contributed by atoms with Crippen LogP contribution in [-0.2, 0) is 0 Å². The predicted molar refractivity (Wildman–Crippen MR) is 44.8 cm³/mol. The zero-order chi connectivity index (χ0) is 9.14. The van der Waals surface area contributed by atoms with Gasteiger partial charge in [-0.05, 0) is 12.1 Å². The van der Waals surface area contributed by atoms with E-state index in [4.69, 9.17) is 21.8 Å². The van der Waals surface area contributed by atoms with Gasteiger partial charge in [0.25, 0.3) is 0 Å². The van der Waals surface area contributed by atoms with Crippen LogP contribution in [0.15, 0.2) is 18.2 Å². The molecule has 0 amide bonds. The SMILES string of the molecule is O=C(CCl)c1cc(O)cc(O)c1. The zero-order valence-electron chi connectivity index (χ0n) is 6.12. The smallest absolute Gasteiger partial charge is 0.177 e. The van der Waals surface area contributed by atoms with Gasteiger partial charge in [0, 0.05) is 11.6 Å². The first kappa shape index (κ1) is 8.87. The summed E-state index contributed by atoms with van der Waals surface area (Å²) in [7, 11) is 0. The van der Waals surface area contributed by atoms with Crippen LogP contribution in [0.25, 0.3) is 0 Å². The van der Waals surface area contributed by atoms with Crippen molar-refractivity contribution in [3.05, 3.63) is 23.8 Å². The van der Waals surface area contributed by atoms with E-state index in [9.17, 15) is 4.79 Å². The van der Waals surface area contributed by atoms with Crippen molar-refractivity contribution in [1.29, 1.82) is 0 Å². The summed E-state index contributed by atoms with van der Waals surface area (Å²) in [6.45, 7) is 0. The second kappa shape index (κ2) is 3.45. The van der Waals surface area contributed by atoms with Crippen molar-refractivity contribution in [2.75, 3.05) is 5.88 Å². The Hall–Kier alpha value is -1.22. The number of Topliss-reactive ketones (excluding diaryl/α,β-unsaturated/α-hetero) is 1. The molecule has 0 radical (unpaired) electrons. The first-order valence-electron chi connectivity index (χ1n) is 3.25. The molecule has 0 aliphatic rings. The lowest BCUT2D eigenvalue weighted by Gasteiger charge is -1.99. The standard InChI is InChI=1S/C8H7ClO3/c9-4-8(12)5-1-6(10)3-7(11)2-5/h1-3,10-11H,4H2. The number of aromatic hydroxyl groups is 2. The average Bonchev–Trinajstić information content (AvgIpc) is 2.01. The summed E-state index contributed by atoms with van der Waals surface area (Å²) >= 11 is 5.28. The van der Waals surface area contributed by atoms with E-state index in [1.54, 1.807) is 0 Å². The average molecular weight is 187 g/mol. The maximum Gasteiger partial charge on any atom is 0.177 e. The van der Waals surface area contributed by atoms with Crippen molar-refractivity contribution in [1.82, 2.24) is 0 Å². The van der Waals surface area contributed by atoms with Crippen LogP contribution in [0.1, 0.15) is 10.4 Å². The molecule has 2 N–H and O–H groups in total. The molecule has 64 valence electrons. The Bertz CT molecular complexity index is 289. The molecule has 0 atom stereocenters. The van der Waals surface area contributed by atoms with Crippen LogP contribution in [0.2, 0.25) is 0 Å². The number of ketones is 1. The lowest BCUT2D eigenvalue weighted by atomic mass is 10.1. The number of hydrogen-bond acceptors (Lipinski definition) is 3. The molecule has 0 saturated carbocycles. The van der Waals surface area contributed by atoms with Gasteiger partial charge in [0.1, 0.15) is 11.5 Å². The van der Waals surface area contributed by atoms with Crippen molar-refractivity contribution in [2.45, 2.75) is 0 Å². The molecule has 0 saturated heterocycles. The third kappa shape index (κ3) is 1.89. The Balaban J connectivity index is 3.08. The summed E-state index contributed by atoms with van der Waals surface area (Å²) in [5.41, 5.74) is 0.211. The third-order valence-electron chi connectivity index (χ3n) is 1.35. The van der Waals surface area contributed by atoms with Gasteiger partial charge in [-0.25, -0.2) is 0 Å². The fourth-order valence-electron chi connectivity index (χ4n) is 0.833. The van der Waals surface area contributed by atoms with E-state index in [0.717, 1.165) is 6.07 Å². The molecule has 1 aromatic carbocycles. The van der Waals surface area contributed by atoms with E-state index < -0.39 is 0 Å². The monoisotopic (exact) mass is 186 g/mol. The van der Waals surface area contributed by atoms with Crippen LogP contribution >= 0.6 is 11.6 Å². The first-order chi connectivity index (χ1) is 5.63. The number of hydrogen-bond donors (Lipinski definition) is 2. The lowest BCUT2D eigenvalue weighted by Crippen LogP contribution is -1.99. The zero-order valence-corrected chi connectivity index (χ0v) is 6.88. The molecule has 12 heavy (non-hydrogen) atoms. The maximum absolute atomic E-state index is 11.0. The molecule has 0 aromatic heterocycles. The molecule has 0 bridgehead atoms. The molecular weight excluding hydrogens is 180 g/mol. The van der Waals surface area contributed by atoms with Gasteiger partial charge >= 0.3 is 0 Å². The quantitative estimate of drug-likeness (QED) is 0.544. The summed E-state index contributed by atoms with van der Waals surface area (Å²) < 4.78 is 0. The van der Waals surface area contributed by atoms with E-state index in [1.165, 1.54) is 12.1 Å². The predicted octanol–water partition coefficient (Wildman–Crippen LogP) is 1.52. The normalized spacial score (nSPS) is 9.75. The van der Waals surface area contributed by atoms with Crippen molar-refractivity contribution in [3.63, 3.8) is 0 Å². The van der Waals surface area contributed by atoms with Crippen molar-refractivity contribution in [3.8, 4) is 11.5 Å². The summed E-state index contributed by atoms with van der Waals surface area (Å²) in [5, 5.41) is 18.0. The van der Waals surface area contributed by atoms with Gasteiger partial charge in [-0.1, -0.05) is 0 Å². The second-order valence-electron chi connectivity index (χ2n) is 2.29. The number of phenolic OH excluding ortho intramolecular Hbond substituents is 2. The molecule has 0 aliphatic heterocycles. The van der Waals surface area contributed by atoms with Crippen LogP contribution in [0.3, 0.4) is 0 Å². The molecule has 0 fully saturated rings. The Morgan fingerprint density at radius 3 is 2.17 bits per heavy atom. The molecule has 4 heteroatoms. The van der Waals surface area contributed by atoms with Crippen molar-refractivity contribution >= 4 is 17.4 Å². The van der Waals surface area contributed by atoms with Gasteiger partial charge < -0.3 is 10.2 Å². The Kier molecular flexibility index (Phi) is 2.55. The van der Waals surface area contributed by atoms with E-state index in [1.807, 2.05) is 0 Å². The highest BCUT2D eigenvalue weighted by Crippen LogP contribution is 2.20. The highest BCUT2D eigenvalue weighted by molar-refractivity contribution is 6.30. The minimum Gasteiger partial charge on any atom is -0.508 e. The number of carbonyl (C=O) groups excluding carboxylic acids is 1. The van der Waals surface area contributed by atoms with Gasteiger partial charge in [-0.15, -0.1) is 11.6 Å². The first-order valence-corrected chi connectivity index (χ1v) is 3.79. The fraction of sp³-hybridized carbons (Fsp3) is 0.125. The largest absolute Gasteiger partial charge is 0.508 e. The third-order valence-corrected chi connectivity index (χ3v) is 1.59. The molecule has 3 nitrogen and oxygen atoms in total. The van der Waals surface area contributed by atoms with Gasteiger partial charge in [0.05, 0.1) is 5.88 Å². The second-order valence-corrected chi connectivity index (χ2v) is 2.56. The number of carbonyl (C=O) groups is 1. The van der Waals surface area contributed by atoms with Gasteiger partial charge in [-0.3, -0.25) is 4.79 Å². The van der Waals surface area contributed by atoms with E-state index in [2.05, 4.69) is 0 Å². The van der Waals surface area contributed by atoms with Crippen molar-refractivity contribution < 1.29 is 15.0 Å². The number of phenols is 2. The van der Waals surface area contributed by atoms with Crippen molar-refractivity contribution in [2.24, 2.45) is 0 Å². The van der Waals surface area contributed by atoms with Gasteiger partial charge in [0.2, 0.25) is 0 Å². The van der Waals surface area contributed by atoms with Crippen LogP contribution < -0.4 is 0 Å². The minimum absolute atomic E-state index is 0.150. The molecule has 1 rings (SSSR count). The molecular formula is C8H7ClO3. The molecule has 1 aromatic rings. The van der Waals surface area contributed by atoms with Gasteiger partial charge in [0.15, 0.2) is 5.78 Å². The molecule has 0 unspecified atom stereocenters. The summed E-state index contributed by atoms with van der Waals surface area (Å²) in [4.78, 5) is 11.0. The topological polar surface area (TPSA) is 57.5 Å². The number of alkyl halides is 1. The Morgan fingerprint density at radius 1 is 1.25 bits per heavy atom. The minimum atomic E-state index is -0.331. The van der Waals surface area contributed by atoms with Crippen LogP contribution in [-0.4, -0.2) is 21.9 Å². The number of benzene rings is 1. The summed E-state index contributed by atoms with van der Waals surface area (Å²) in [5.74, 6) is -0.794. The van der Waals surface area contributed by atoms with E-state index in [-0.39, 0.29) is 28.7 Å². The molecule has 0 heterocycles. The number of rotatable bonds is 2. The van der Waals surface area contributed by atoms with E-state index in [0.29, 0.717) is 0 Å². The maximum atomic E-state index is 11.0. The fourth-order valence-corrected chi connectivity index (χ4v) is 0.988. The highest BCUT2D eigenvalue weighted by atomic mass is 35.5. The highest BCUT2D eigenvalue weighted by Gasteiger charge is 2.06. The van der Waals surface area contributed by atoms with Crippen LogP contribution in [0.5, 0.6) is 11.5 Å². The summed E-state index contributed by atoms with van der Waals surface area (Å²) in [6, 6.07) is 3.65. The van der Waals surface area contributed by atoms with Crippen LogP contribution in [0.4, 0.5) is 0 Å². The Labute approximate surface area is 74.2 Å². The number of halogens is 1. The van der Waals surface area contributed by atoms with Crippen LogP contribution in [0, 0.1) is 0 Å². The Morgan fingerprint density at radius 2 is 1.75 bits per heavy atom. The van der Waals surface area contributed by atoms with Gasteiger partial charge in [-0.2, -0.15) is 0 Å². The summed E-state index contributed by atoms with van der Waals surface area (Å²) in [6.07, 6.45) is 0.